The molecule has 2 nitrogen and oxygen atoms in total. The first-order valence-corrected chi connectivity index (χ1v) is 15.6. The van der Waals surface area contributed by atoms with Crippen molar-refractivity contribution in [3.8, 4) is 0 Å². The van der Waals surface area contributed by atoms with Gasteiger partial charge in [0.2, 0.25) is 0 Å². The van der Waals surface area contributed by atoms with Gasteiger partial charge in [0.05, 0.1) is 6.61 Å². The molecule has 0 aliphatic rings. The summed E-state index contributed by atoms with van der Waals surface area (Å²) in [6, 6.07) is -1.57. The van der Waals surface area contributed by atoms with Gasteiger partial charge in [0.25, 0.3) is 0 Å². The topological polar surface area (TPSA) is 26.3 Å². The van der Waals surface area contributed by atoms with Crippen molar-refractivity contribution in [2.24, 2.45) is 0 Å². The molecule has 0 saturated carbocycles. The Kier molecular flexibility index (Phi) is 18.9. The molecule has 0 amide bonds. The third kappa shape index (κ3) is 22.3. The van der Waals surface area contributed by atoms with Crippen LogP contribution in [0.25, 0.3) is 0 Å². The van der Waals surface area contributed by atoms with Crippen LogP contribution in [0.2, 0.25) is 6.04 Å². The maximum atomic E-state index is 11.1. The molecule has 0 fully saturated rings. The van der Waals surface area contributed by atoms with Gasteiger partial charge in [0, 0.05) is 6.08 Å². The average Bonchev–Trinajstić information content (AvgIpc) is 2.57. The molecule has 6 heteroatoms. The summed E-state index contributed by atoms with van der Waals surface area (Å²) >= 11 is 17.6. The Hall–Kier alpha value is 0.297. The molecule has 0 spiro atoms. The smallest absolute Gasteiger partial charge is 0.341 e. The fourth-order valence-electron chi connectivity index (χ4n) is 2.91. The van der Waals surface area contributed by atoms with E-state index in [1.54, 1.807) is 6.08 Å². The largest absolute Gasteiger partial charge is 0.463 e. The second kappa shape index (κ2) is 18.7. The summed E-state index contributed by atoms with van der Waals surface area (Å²) < 4.78 is 5.07. The first-order valence-electron chi connectivity index (χ1n) is 10.3. The van der Waals surface area contributed by atoms with E-state index in [0.717, 1.165) is 25.3 Å². The third-order valence-corrected chi connectivity index (χ3v) is 7.02. The van der Waals surface area contributed by atoms with E-state index >= 15 is 0 Å². The van der Waals surface area contributed by atoms with Gasteiger partial charge < -0.3 is 4.74 Å². The van der Waals surface area contributed by atoms with E-state index in [1.807, 2.05) is 6.92 Å². The van der Waals surface area contributed by atoms with Gasteiger partial charge in [-0.15, -0.1) is 33.2 Å². The van der Waals surface area contributed by atoms with Crippen molar-refractivity contribution in [2.45, 2.75) is 103 Å². The molecular formula is C20H37Cl3O2Si. The van der Waals surface area contributed by atoms with Crippen LogP contribution < -0.4 is 0 Å². The molecule has 0 atom stereocenters. The van der Waals surface area contributed by atoms with Crippen molar-refractivity contribution >= 4 is 45.2 Å². The van der Waals surface area contributed by atoms with Gasteiger partial charge >= 0.3 is 12.0 Å². The van der Waals surface area contributed by atoms with Crippen LogP contribution in [-0.2, 0) is 9.53 Å². The molecule has 154 valence electrons. The molecule has 0 aliphatic carbocycles. The minimum Gasteiger partial charge on any atom is -0.463 e. The fourth-order valence-corrected chi connectivity index (χ4v) is 4.76. The van der Waals surface area contributed by atoms with Gasteiger partial charge in [-0.1, -0.05) is 89.5 Å². The molecule has 0 saturated heterocycles. The Morgan fingerprint density at radius 3 is 1.50 bits per heavy atom. The lowest BCUT2D eigenvalue weighted by atomic mass is 10.0. The minimum absolute atomic E-state index is 0.225. The molecule has 26 heavy (non-hydrogen) atoms. The standard InChI is InChI=1S/C20H37Cl3O2Si/c1-2-17-20(24)25-18-15-13-11-9-7-5-3-4-6-8-10-12-14-16-19-26(21,22)23/h2,17H,3-16,18-19H2,1H3. The maximum absolute atomic E-state index is 11.1. The van der Waals surface area contributed by atoms with Crippen LogP contribution in [0, 0.1) is 0 Å². The van der Waals surface area contributed by atoms with Crippen LogP contribution in [0.5, 0.6) is 0 Å². The number of hydrogen-bond donors (Lipinski definition) is 0. The normalized spacial score (nSPS) is 12.0. The van der Waals surface area contributed by atoms with Crippen molar-refractivity contribution in [1.29, 1.82) is 0 Å². The van der Waals surface area contributed by atoms with Crippen molar-refractivity contribution < 1.29 is 9.53 Å². The van der Waals surface area contributed by atoms with Gasteiger partial charge in [0.15, 0.2) is 0 Å². The average molecular weight is 444 g/mol. The van der Waals surface area contributed by atoms with Crippen LogP contribution >= 0.6 is 33.2 Å². The van der Waals surface area contributed by atoms with Gasteiger partial charge in [-0.2, -0.15) is 0 Å². The van der Waals surface area contributed by atoms with Crippen molar-refractivity contribution in [3.63, 3.8) is 0 Å². The lowest BCUT2D eigenvalue weighted by molar-refractivity contribution is -0.137. The lowest BCUT2D eigenvalue weighted by Crippen LogP contribution is -2.07. The molecule has 0 unspecified atom stereocenters. The van der Waals surface area contributed by atoms with Crippen LogP contribution in [0.1, 0.15) is 96.8 Å². The number of rotatable bonds is 18. The number of carbonyl (C=O) groups excluding carboxylic acids is 1. The summed E-state index contributed by atoms with van der Waals surface area (Å²) in [6.45, 7) is 2.37. The van der Waals surface area contributed by atoms with Crippen LogP contribution in [0.4, 0.5) is 0 Å². The van der Waals surface area contributed by atoms with Crippen molar-refractivity contribution in [1.82, 2.24) is 0 Å². The van der Waals surface area contributed by atoms with E-state index in [4.69, 9.17) is 38.0 Å². The van der Waals surface area contributed by atoms with Crippen molar-refractivity contribution in [3.05, 3.63) is 12.2 Å². The monoisotopic (exact) mass is 442 g/mol. The molecule has 0 N–H and O–H groups in total. The highest BCUT2D eigenvalue weighted by Crippen LogP contribution is 2.27. The lowest BCUT2D eigenvalue weighted by Gasteiger charge is -2.07. The summed E-state index contributed by atoms with van der Waals surface area (Å²) in [6.07, 6.45) is 20.8. The molecule has 0 bridgehead atoms. The van der Waals surface area contributed by atoms with Crippen LogP contribution in [-0.4, -0.2) is 18.6 Å². The molecule has 0 rings (SSSR count). The number of halogens is 3. The predicted octanol–water partition coefficient (Wildman–Crippen LogP) is 8.22. The van der Waals surface area contributed by atoms with Gasteiger partial charge in [-0.3, -0.25) is 0 Å². The maximum Gasteiger partial charge on any atom is 0.341 e. The zero-order valence-corrected chi connectivity index (χ0v) is 19.7. The van der Waals surface area contributed by atoms with E-state index in [1.165, 1.54) is 76.7 Å². The highest BCUT2D eigenvalue weighted by molar-refractivity contribution is 7.64. The highest BCUT2D eigenvalue weighted by Gasteiger charge is 2.23. The molecule has 0 aromatic rings. The first-order chi connectivity index (χ1) is 12.5. The summed E-state index contributed by atoms with van der Waals surface area (Å²) in [5.41, 5.74) is 0. The Labute approximate surface area is 176 Å². The van der Waals surface area contributed by atoms with Gasteiger partial charge in [-0.25, -0.2) is 4.79 Å². The number of ether oxygens (including phenoxy) is 1. The number of esters is 1. The summed E-state index contributed by atoms with van der Waals surface area (Å²) in [5.74, 6) is -0.225. The molecule has 0 heterocycles. The van der Waals surface area contributed by atoms with Crippen LogP contribution in [0.3, 0.4) is 0 Å². The Balaban J connectivity index is 3.10. The number of carbonyl (C=O) groups is 1. The van der Waals surface area contributed by atoms with Gasteiger partial charge in [-0.05, 0) is 19.4 Å². The Bertz CT molecular complexity index is 357. The summed E-state index contributed by atoms with van der Waals surface area (Å²) in [5, 5.41) is 0. The molecule has 0 radical (unpaired) electrons. The van der Waals surface area contributed by atoms with E-state index < -0.39 is 6.00 Å². The highest BCUT2D eigenvalue weighted by atomic mass is 35.8. The Morgan fingerprint density at radius 2 is 1.12 bits per heavy atom. The third-order valence-electron chi connectivity index (χ3n) is 4.40. The van der Waals surface area contributed by atoms with Crippen LogP contribution in [0.15, 0.2) is 12.2 Å². The second-order valence-electron chi connectivity index (χ2n) is 6.98. The van der Waals surface area contributed by atoms with E-state index in [0.29, 0.717) is 6.61 Å². The summed E-state index contributed by atoms with van der Waals surface area (Å²) in [7, 11) is 0. The molecular weight excluding hydrogens is 407 g/mol. The van der Waals surface area contributed by atoms with E-state index in [9.17, 15) is 4.79 Å². The zero-order valence-electron chi connectivity index (χ0n) is 16.4. The Morgan fingerprint density at radius 1 is 0.731 bits per heavy atom. The number of hydrogen-bond acceptors (Lipinski definition) is 2. The molecule has 0 aromatic heterocycles. The van der Waals surface area contributed by atoms with E-state index in [-0.39, 0.29) is 5.97 Å². The van der Waals surface area contributed by atoms with E-state index in [2.05, 4.69) is 0 Å². The quantitative estimate of drug-likeness (QED) is 0.0700. The molecule has 0 aromatic carbocycles. The minimum atomic E-state index is -2.38. The number of allylic oxidation sites excluding steroid dienone is 1. The molecule has 0 aliphatic heterocycles. The predicted molar refractivity (Wildman–Crippen MR) is 119 cm³/mol. The number of unbranched alkanes of at least 4 members (excludes halogenated alkanes) is 13. The fraction of sp³-hybridized carbons (Fsp3) is 0.850. The first kappa shape index (κ1) is 26.3. The second-order valence-corrected chi connectivity index (χ2v) is 16.3. The zero-order chi connectivity index (χ0) is 19.5. The SMILES string of the molecule is CC=CC(=O)OCCCCCCCCCCCCCCCC[Si](Cl)(Cl)Cl. The van der Waals surface area contributed by atoms with Gasteiger partial charge in [0.1, 0.15) is 0 Å². The summed E-state index contributed by atoms with van der Waals surface area (Å²) in [4.78, 5) is 11.1. The van der Waals surface area contributed by atoms with Crippen molar-refractivity contribution in [2.75, 3.05) is 6.61 Å².